The van der Waals surface area contributed by atoms with E-state index in [0.717, 1.165) is 38.9 Å². The number of nitrogens with one attached hydrogen (secondary N) is 2. The zero-order valence-corrected chi connectivity index (χ0v) is 17.1. The first-order chi connectivity index (χ1) is 11.7. The van der Waals surface area contributed by atoms with Crippen LogP contribution in [0.4, 0.5) is 0 Å². The molecule has 6 heteroatoms. The standard InChI is InChI=1S/C19H29Cl2N3O/c1-18(2,17(25)24(3)4)23-11-9-19(8-5-10-22-13-19)14-6-7-15(20)16(21)12-14/h6-7,12,22-23H,5,8-11,13H2,1-4H3/t19-/m1/s1. The molecule has 1 aromatic rings. The van der Waals surface area contributed by atoms with Crippen LogP contribution in [0.2, 0.25) is 10.0 Å². The van der Waals surface area contributed by atoms with Crippen LogP contribution < -0.4 is 10.6 Å². The molecule has 0 spiro atoms. The van der Waals surface area contributed by atoms with Gasteiger partial charge in [-0.25, -0.2) is 0 Å². The maximum atomic E-state index is 12.3. The highest BCUT2D eigenvalue weighted by molar-refractivity contribution is 6.42. The number of hydrogen-bond donors (Lipinski definition) is 2. The summed E-state index contributed by atoms with van der Waals surface area (Å²) in [5.74, 6) is 0.0813. The van der Waals surface area contributed by atoms with Gasteiger partial charge in [-0.1, -0.05) is 29.3 Å². The second-order valence-corrected chi connectivity index (χ2v) is 8.51. The van der Waals surface area contributed by atoms with Crippen molar-refractivity contribution in [1.29, 1.82) is 0 Å². The molecule has 1 heterocycles. The molecule has 140 valence electrons. The van der Waals surface area contributed by atoms with E-state index < -0.39 is 5.54 Å². The van der Waals surface area contributed by atoms with Crippen LogP contribution in [0.25, 0.3) is 0 Å². The van der Waals surface area contributed by atoms with Gasteiger partial charge >= 0.3 is 0 Å². The van der Waals surface area contributed by atoms with Gasteiger partial charge in [-0.05, 0) is 63.9 Å². The molecule has 1 aromatic carbocycles. The van der Waals surface area contributed by atoms with Crippen LogP contribution in [0.15, 0.2) is 18.2 Å². The van der Waals surface area contributed by atoms with Gasteiger partial charge in [-0.15, -0.1) is 0 Å². The molecule has 1 saturated heterocycles. The van der Waals surface area contributed by atoms with E-state index in [4.69, 9.17) is 23.2 Å². The largest absolute Gasteiger partial charge is 0.347 e. The Labute approximate surface area is 161 Å². The number of amides is 1. The predicted octanol–water partition coefficient (Wildman–Crippen LogP) is 3.46. The number of rotatable bonds is 6. The number of piperidine rings is 1. The van der Waals surface area contributed by atoms with E-state index in [1.165, 1.54) is 5.56 Å². The van der Waals surface area contributed by atoms with E-state index in [-0.39, 0.29) is 11.3 Å². The highest BCUT2D eigenvalue weighted by Gasteiger charge is 2.35. The van der Waals surface area contributed by atoms with Crippen LogP contribution in [-0.2, 0) is 10.2 Å². The summed E-state index contributed by atoms with van der Waals surface area (Å²) >= 11 is 12.4. The quantitative estimate of drug-likeness (QED) is 0.787. The van der Waals surface area contributed by atoms with Crippen molar-refractivity contribution in [1.82, 2.24) is 15.5 Å². The second kappa shape index (κ2) is 8.26. The first kappa shape index (κ1) is 20.5. The van der Waals surface area contributed by atoms with Crippen LogP contribution in [0.3, 0.4) is 0 Å². The Morgan fingerprint density at radius 2 is 2.04 bits per heavy atom. The van der Waals surface area contributed by atoms with E-state index >= 15 is 0 Å². The molecule has 1 amide bonds. The summed E-state index contributed by atoms with van der Waals surface area (Å²) in [6.45, 7) is 6.57. The van der Waals surface area contributed by atoms with Crippen LogP contribution in [0.5, 0.6) is 0 Å². The van der Waals surface area contributed by atoms with Gasteiger partial charge in [0.25, 0.3) is 0 Å². The van der Waals surface area contributed by atoms with Gasteiger partial charge < -0.3 is 15.5 Å². The van der Waals surface area contributed by atoms with Crippen LogP contribution in [-0.4, -0.2) is 50.1 Å². The summed E-state index contributed by atoms with van der Waals surface area (Å²) in [7, 11) is 3.57. The molecule has 0 unspecified atom stereocenters. The lowest BCUT2D eigenvalue weighted by Crippen LogP contribution is -2.54. The highest BCUT2D eigenvalue weighted by atomic mass is 35.5. The van der Waals surface area contributed by atoms with Gasteiger partial charge in [-0.2, -0.15) is 0 Å². The molecule has 2 rings (SSSR count). The smallest absolute Gasteiger partial charge is 0.241 e. The molecular weight excluding hydrogens is 357 g/mol. The van der Waals surface area contributed by atoms with Crippen molar-refractivity contribution in [3.63, 3.8) is 0 Å². The van der Waals surface area contributed by atoms with E-state index in [0.29, 0.717) is 10.0 Å². The lowest BCUT2D eigenvalue weighted by Gasteiger charge is -2.39. The molecule has 1 atom stereocenters. The monoisotopic (exact) mass is 385 g/mol. The molecule has 1 fully saturated rings. The SMILES string of the molecule is CN(C)C(=O)C(C)(C)NCC[C@]1(c2ccc(Cl)c(Cl)c2)CCCNC1. The number of hydrogen-bond acceptors (Lipinski definition) is 3. The molecule has 4 nitrogen and oxygen atoms in total. The van der Waals surface area contributed by atoms with Crippen molar-refractivity contribution in [2.45, 2.75) is 44.1 Å². The Morgan fingerprint density at radius 1 is 1.32 bits per heavy atom. The minimum Gasteiger partial charge on any atom is -0.347 e. The van der Waals surface area contributed by atoms with Gasteiger partial charge in [-0.3, -0.25) is 4.79 Å². The lowest BCUT2D eigenvalue weighted by molar-refractivity contribution is -0.134. The first-order valence-corrected chi connectivity index (χ1v) is 9.57. The molecule has 1 aliphatic rings. The first-order valence-electron chi connectivity index (χ1n) is 8.81. The lowest BCUT2D eigenvalue weighted by atomic mass is 9.72. The molecule has 0 bridgehead atoms. The van der Waals surface area contributed by atoms with Crippen molar-refractivity contribution in [2.24, 2.45) is 0 Å². The molecule has 0 saturated carbocycles. The molecule has 25 heavy (non-hydrogen) atoms. The van der Waals surface area contributed by atoms with Crippen LogP contribution in [0.1, 0.15) is 38.7 Å². The van der Waals surface area contributed by atoms with E-state index in [2.05, 4.69) is 16.7 Å². The third kappa shape index (κ3) is 4.88. The van der Waals surface area contributed by atoms with E-state index in [1.807, 2.05) is 26.0 Å². The van der Waals surface area contributed by atoms with Crippen molar-refractivity contribution in [3.8, 4) is 0 Å². The second-order valence-electron chi connectivity index (χ2n) is 7.69. The van der Waals surface area contributed by atoms with Crippen molar-refractivity contribution < 1.29 is 4.79 Å². The van der Waals surface area contributed by atoms with Gasteiger partial charge in [0.15, 0.2) is 0 Å². The third-order valence-electron chi connectivity index (χ3n) is 5.12. The summed E-state index contributed by atoms with van der Waals surface area (Å²) in [6, 6.07) is 5.95. The van der Waals surface area contributed by atoms with Crippen molar-refractivity contribution in [2.75, 3.05) is 33.7 Å². The van der Waals surface area contributed by atoms with Crippen molar-refractivity contribution >= 4 is 29.1 Å². The number of nitrogens with zero attached hydrogens (tertiary/aromatic N) is 1. The van der Waals surface area contributed by atoms with Crippen LogP contribution >= 0.6 is 23.2 Å². The van der Waals surface area contributed by atoms with Crippen molar-refractivity contribution in [3.05, 3.63) is 33.8 Å². The van der Waals surface area contributed by atoms with E-state index in [9.17, 15) is 4.79 Å². The normalized spacial score (nSPS) is 21.2. The molecule has 1 aliphatic heterocycles. The maximum absolute atomic E-state index is 12.3. The minimum absolute atomic E-state index is 0.0106. The third-order valence-corrected chi connectivity index (χ3v) is 5.85. The molecule has 0 aliphatic carbocycles. The average Bonchev–Trinajstić information content (AvgIpc) is 2.57. The summed E-state index contributed by atoms with van der Waals surface area (Å²) in [5.41, 5.74) is 0.647. The van der Waals surface area contributed by atoms with E-state index in [1.54, 1.807) is 19.0 Å². The number of halogens is 2. The van der Waals surface area contributed by atoms with Gasteiger partial charge in [0.05, 0.1) is 15.6 Å². The maximum Gasteiger partial charge on any atom is 0.241 e. The topological polar surface area (TPSA) is 44.4 Å². The Hall–Kier alpha value is -0.810. The Morgan fingerprint density at radius 3 is 2.60 bits per heavy atom. The van der Waals surface area contributed by atoms with Gasteiger partial charge in [0, 0.05) is 26.1 Å². The molecule has 2 N–H and O–H groups in total. The summed E-state index contributed by atoms with van der Waals surface area (Å²) in [4.78, 5) is 13.9. The highest BCUT2D eigenvalue weighted by Crippen LogP contribution is 2.37. The number of likely N-dealkylation sites (N-methyl/N-ethyl adjacent to an activating group) is 1. The Balaban J connectivity index is 2.13. The Bertz CT molecular complexity index is 611. The van der Waals surface area contributed by atoms with Gasteiger partial charge in [0.1, 0.15) is 0 Å². The zero-order valence-electron chi connectivity index (χ0n) is 15.6. The minimum atomic E-state index is -0.579. The van der Waals surface area contributed by atoms with Crippen LogP contribution in [0, 0.1) is 0 Å². The number of benzene rings is 1. The predicted molar refractivity (Wildman–Crippen MR) is 106 cm³/mol. The molecule has 0 radical (unpaired) electrons. The summed E-state index contributed by atoms with van der Waals surface area (Å²) in [6.07, 6.45) is 3.16. The Kier molecular flexibility index (Phi) is 6.77. The zero-order chi connectivity index (χ0) is 18.7. The van der Waals surface area contributed by atoms with Gasteiger partial charge in [0.2, 0.25) is 5.91 Å². The fraction of sp³-hybridized carbons (Fsp3) is 0.632. The molecular formula is C19H29Cl2N3O. The average molecular weight is 386 g/mol. The number of carbonyl (C=O) groups excluding carboxylic acids is 1. The number of carbonyl (C=O) groups is 1. The molecule has 0 aromatic heterocycles. The fourth-order valence-corrected chi connectivity index (χ4v) is 3.94. The fourth-order valence-electron chi connectivity index (χ4n) is 3.65. The summed E-state index contributed by atoms with van der Waals surface area (Å²) in [5, 5.41) is 8.13. The summed E-state index contributed by atoms with van der Waals surface area (Å²) < 4.78 is 0.